The molecule has 1 aromatic heterocycles. The van der Waals surface area contributed by atoms with Gasteiger partial charge in [0.1, 0.15) is 5.60 Å². The number of nitrogens with one attached hydrogen (secondary N) is 1. The fourth-order valence-electron chi connectivity index (χ4n) is 1.90. The number of carbonyl (C=O) groups is 1. The van der Waals surface area contributed by atoms with Gasteiger partial charge in [0.05, 0.1) is 13.0 Å². The first-order valence-corrected chi connectivity index (χ1v) is 7.51. The normalized spacial score (nSPS) is 13.8. The zero-order valence-electron chi connectivity index (χ0n) is 11.1. The Kier molecular flexibility index (Phi) is 4.81. The number of thiophene rings is 1. The van der Waals surface area contributed by atoms with E-state index in [1.54, 1.807) is 25.1 Å². The van der Waals surface area contributed by atoms with E-state index in [-0.39, 0.29) is 12.5 Å². The zero-order chi connectivity index (χ0) is 14.6. The van der Waals surface area contributed by atoms with Crippen LogP contribution in [0.15, 0.2) is 41.8 Å². The Morgan fingerprint density at radius 1 is 1.35 bits per heavy atom. The third kappa shape index (κ3) is 3.82. The number of rotatable bonds is 5. The first-order chi connectivity index (χ1) is 9.49. The van der Waals surface area contributed by atoms with Crippen LogP contribution in [0.25, 0.3) is 0 Å². The highest BCUT2D eigenvalue weighted by Crippen LogP contribution is 2.27. The highest BCUT2D eigenvalue weighted by Gasteiger charge is 2.26. The SMILES string of the molecule is CC(O)(CNC(=O)Cc1cccs1)c1ccccc1Cl. The van der Waals surface area contributed by atoms with E-state index >= 15 is 0 Å². The molecule has 0 saturated carbocycles. The van der Waals surface area contributed by atoms with Gasteiger partial charge in [-0.2, -0.15) is 0 Å². The van der Waals surface area contributed by atoms with Crippen LogP contribution >= 0.6 is 22.9 Å². The number of benzene rings is 1. The van der Waals surface area contributed by atoms with Crippen molar-refractivity contribution in [3.8, 4) is 0 Å². The monoisotopic (exact) mass is 309 g/mol. The van der Waals surface area contributed by atoms with Gasteiger partial charge in [-0.25, -0.2) is 0 Å². The van der Waals surface area contributed by atoms with Gasteiger partial charge in [-0.15, -0.1) is 11.3 Å². The van der Waals surface area contributed by atoms with Crippen molar-refractivity contribution in [1.82, 2.24) is 5.32 Å². The summed E-state index contributed by atoms with van der Waals surface area (Å²) in [5.74, 6) is -0.111. The van der Waals surface area contributed by atoms with E-state index in [0.29, 0.717) is 17.0 Å². The molecule has 1 amide bonds. The maximum atomic E-state index is 11.8. The first-order valence-electron chi connectivity index (χ1n) is 6.25. The molecule has 1 atom stereocenters. The minimum absolute atomic E-state index is 0.111. The van der Waals surface area contributed by atoms with E-state index < -0.39 is 5.60 Å². The molecule has 0 aliphatic heterocycles. The number of halogens is 1. The van der Waals surface area contributed by atoms with Crippen molar-refractivity contribution in [2.75, 3.05) is 6.54 Å². The van der Waals surface area contributed by atoms with Gasteiger partial charge < -0.3 is 10.4 Å². The van der Waals surface area contributed by atoms with Gasteiger partial charge in [-0.1, -0.05) is 35.9 Å². The van der Waals surface area contributed by atoms with Gasteiger partial charge in [-0.05, 0) is 24.4 Å². The molecular formula is C15H16ClNO2S. The summed E-state index contributed by atoms with van der Waals surface area (Å²) in [7, 11) is 0. The molecule has 0 aliphatic rings. The van der Waals surface area contributed by atoms with Crippen molar-refractivity contribution in [2.45, 2.75) is 18.9 Å². The number of hydrogen-bond acceptors (Lipinski definition) is 3. The largest absolute Gasteiger partial charge is 0.384 e. The first kappa shape index (κ1) is 15.0. The molecule has 2 rings (SSSR count). The van der Waals surface area contributed by atoms with Gasteiger partial charge in [0.25, 0.3) is 0 Å². The third-order valence-corrected chi connectivity index (χ3v) is 4.20. The predicted molar refractivity (Wildman–Crippen MR) is 82.1 cm³/mol. The van der Waals surface area contributed by atoms with E-state index in [1.165, 1.54) is 11.3 Å². The number of carbonyl (C=O) groups excluding carboxylic acids is 1. The van der Waals surface area contributed by atoms with E-state index in [1.807, 2.05) is 23.6 Å². The molecule has 0 fully saturated rings. The van der Waals surface area contributed by atoms with Crippen LogP contribution in [-0.2, 0) is 16.8 Å². The van der Waals surface area contributed by atoms with Crippen molar-refractivity contribution in [3.63, 3.8) is 0 Å². The van der Waals surface area contributed by atoms with Gasteiger partial charge in [0, 0.05) is 15.5 Å². The average molecular weight is 310 g/mol. The minimum Gasteiger partial charge on any atom is -0.384 e. The second-order valence-corrected chi connectivity index (χ2v) is 6.23. The number of aliphatic hydroxyl groups is 1. The Balaban J connectivity index is 1.95. The second kappa shape index (κ2) is 6.39. The molecule has 5 heteroatoms. The molecule has 3 nitrogen and oxygen atoms in total. The summed E-state index contributed by atoms with van der Waals surface area (Å²) in [4.78, 5) is 12.8. The van der Waals surface area contributed by atoms with Crippen molar-refractivity contribution in [2.24, 2.45) is 0 Å². The fraction of sp³-hybridized carbons (Fsp3) is 0.267. The Labute approximate surface area is 127 Å². The zero-order valence-corrected chi connectivity index (χ0v) is 12.7. The van der Waals surface area contributed by atoms with Crippen LogP contribution < -0.4 is 5.32 Å². The lowest BCUT2D eigenvalue weighted by molar-refractivity contribution is -0.121. The summed E-state index contributed by atoms with van der Waals surface area (Å²) in [5.41, 5.74) is -0.582. The summed E-state index contributed by atoms with van der Waals surface area (Å²) in [6.07, 6.45) is 0.330. The topological polar surface area (TPSA) is 49.3 Å². The molecular weight excluding hydrogens is 294 g/mol. The van der Waals surface area contributed by atoms with Crippen LogP contribution in [0.1, 0.15) is 17.4 Å². The minimum atomic E-state index is -1.19. The number of hydrogen-bond donors (Lipinski definition) is 2. The average Bonchev–Trinajstić information content (AvgIpc) is 2.90. The second-order valence-electron chi connectivity index (χ2n) is 4.79. The molecule has 0 spiro atoms. The highest BCUT2D eigenvalue weighted by molar-refractivity contribution is 7.10. The smallest absolute Gasteiger partial charge is 0.225 e. The molecule has 0 bridgehead atoms. The summed E-state index contributed by atoms with van der Waals surface area (Å²) in [6, 6.07) is 10.9. The lowest BCUT2D eigenvalue weighted by Crippen LogP contribution is -2.39. The van der Waals surface area contributed by atoms with Gasteiger partial charge in [0.15, 0.2) is 0 Å². The standard InChI is InChI=1S/C15H16ClNO2S/c1-15(19,12-6-2-3-7-13(12)16)10-17-14(18)9-11-5-4-8-20-11/h2-8,19H,9-10H2,1H3,(H,17,18). The van der Waals surface area contributed by atoms with Gasteiger partial charge in [-0.3, -0.25) is 4.79 Å². The molecule has 106 valence electrons. The molecule has 2 N–H and O–H groups in total. The highest BCUT2D eigenvalue weighted by atomic mass is 35.5. The molecule has 1 aromatic carbocycles. The summed E-state index contributed by atoms with van der Waals surface area (Å²) < 4.78 is 0. The summed E-state index contributed by atoms with van der Waals surface area (Å²) >= 11 is 7.61. The Hall–Kier alpha value is -1.36. The van der Waals surface area contributed by atoms with Crippen molar-refractivity contribution in [1.29, 1.82) is 0 Å². The van der Waals surface area contributed by atoms with Crippen LogP contribution in [0.5, 0.6) is 0 Å². The molecule has 2 aromatic rings. The Morgan fingerprint density at radius 2 is 2.10 bits per heavy atom. The lowest BCUT2D eigenvalue weighted by Gasteiger charge is -2.25. The molecule has 20 heavy (non-hydrogen) atoms. The number of amides is 1. The van der Waals surface area contributed by atoms with Gasteiger partial charge in [0.2, 0.25) is 5.91 Å². The Morgan fingerprint density at radius 3 is 2.75 bits per heavy atom. The van der Waals surface area contributed by atoms with Crippen molar-refractivity contribution < 1.29 is 9.90 Å². The molecule has 1 heterocycles. The summed E-state index contributed by atoms with van der Waals surface area (Å²) in [6.45, 7) is 1.76. The predicted octanol–water partition coefficient (Wildman–Crippen LogP) is 2.97. The van der Waals surface area contributed by atoms with Crippen molar-refractivity contribution in [3.05, 3.63) is 57.2 Å². The van der Waals surface area contributed by atoms with Crippen LogP contribution in [-0.4, -0.2) is 17.6 Å². The van der Waals surface area contributed by atoms with E-state index in [4.69, 9.17) is 11.6 Å². The molecule has 0 saturated heterocycles. The van der Waals surface area contributed by atoms with E-state index in [2.05, 4.69) is 5.32 Å². The third-order valence-electron chi connectivity index (χ3n) is 3.00. The molecule has 1 unspecified atom stereocenters. The van der Waals surface area contributed by atoms with E-state index in [0.717, 1.165) is 4.88 Å². The molecule has 0 aliphatic carbocycles. The van der Waals surface area contributed by atoms with Crippen molar-refractivity contribution >= 4 is 28.8 Å². The fourth-order valence-corrected chi connectivity index (χ4v) is 2.94. The van der Waals surface area contributed by atoms with Crippen LogP contribution in [0.4, 0.5) is 0 Å². The van der Waals surface area contributed by atoms with Crippen LogP contribution in [0.3, 0.4) is 0 Å². The maximum absolute atomic E-state index is 11.8. The Bertz CT molecular complexity index is 581. The van der Waals surface area contributed by atoms with Gasteiger partial charge >= 0.3 is 0 Å². The van der Waals surface area contributed by atoms with E-state index in [9.17, 15) is 9.90 Å². The summed E-state index contributed by atoms with van der Waals surface area (Å²) in [5, 5.41) is 15.6. The molecule has 0 radical (unpaired) electrons. The van der Waals surface area contributed by atoms with Crippen LogP contribution in [0.2, 0.25) is 5.02 Å². The quantitative estimate of drug-likeness (QED) is 0.892. The van der Waals surface area contributed by atoms with Crippen LogP contribution in [0, 0.1) is 0 Å². The maximum Gasteiger partial charge on any atom is 0.225 e. The lowest BCUT2D eigenvalue weighted by atomic mass is 9.96.